The lowest BCUT2D eigenvalue weighted by atomic mass is 9.95. The summed E-state index contributed by atoms with van der Waals surface area (Å²) in [5.74, 6) is -2.79. The number of carbonyl (C=O) groups is 3. The first kappa shape index (κ1) is 25.8. The van der Waals surface area contributed by atoms with Crippen LogP contribution < -0.4 is 14.4 Å². The number of aliphatic hydroxyl groups is 1. The molecule has 1 N–H and O–H groups in total. The van der Waals surface area contributed by atoms with E-state index in [1.54, 1.807) is 32.0 Å². The number of aromatic nitrogens is 1. The van der Waals surface area contributed by atoms with Gasteiger partial charge in [-0.15, -0.1) is 0 Å². The van der Waals surface area contributed by atoms with E-state index in [4.69, 9.17) is 14.2 Å². The minimum Gasteiger partial charge on any atom is -0.507 e. The minimum atomic E-state index is -1.13. The molecular formula is C26H23FN2O7S. The molecule has 1 amide bonds. The van der Waals surface area contributed by atoms with Crippen LogP contribution in [0.1, 0.15) is 39.5 Å². The molecule has 1 fully saturated rings. The Morgan fingerprint density at radius 2 is 1.78 bits per heavy atom. The third-order valence-electron chi connectivity index (χ3n) is 5.74. The number of thiazole rings is 1. The third kappa shape index (κ3) is 4.65. The van der Waals surface area contributed by atoms with Gasteiger partial charge in [-0.1, -0.05) is 17.4 Å². The van der Waals surface area contributed by atoms with Gasteiger partial charge in [-0.2, -0.15) is 0 Å². The molecule has 0 saturated carbocycles. The molecule has 37 heavy (non-hydrogen) atoms. The van der Waals surface area contributed by atoms with Crippen LogP contribution in [0.15, 0.2) is 48.0 Å². The first-order chi connectivity index (χ1) is 17.7. The Kier molecular flexibility index (Phi) is 7.25. The first-order valence-electron chi connectivity index (χ1n) is 11.1. The number of Topliss-reactive ketones (excluding diaryl/α,β-unsaturated/α-hetero) is 1. The predicted octanol–water partition coefficient (Wildman–Crippen LogP) is 4.41. The molecule has 1 aliphatic rings. The van der Waals surface area contributed by atoms with Gasteiger partial charge >= 0.3 is 11.9 Å². The molecule has 4 rings (SSSR count). The highest BCUT2D eigenvalue weighted by molar-refractivity contribution is 7.17. The number of benzene rings is 2. The van der Waals surface area contributed by atoms with Gasteiger partial charge in [0.1, 0.15) is 16.5 Å². The van der Waals surface area contributed by atoms with Crippen molar-refractivity contribution in [2.24, 2.45) is 0 Å². The summed E-state index contributed by atoms with van der Waals surface area (Å²) in [4.78, 5) is 44.7. The molecule has 1 aliphatic heterocycles. The number of amides is 1. The molecule has 0 radical (unpaired) electrons. The summed E-state index contributed by atoms with van der Waals surface area (Å²) in [6, 6.07) is 8.53. The van der Waals surface area contributed by atoms with Crippen molar-refractivity contribution in [1.29, 1.82) is 0 Å². The fourth-order valence-electron chi connectivity index (χ4n) is 4.00. The smallest absolute Gasteiger partial charge is 0.350 e. The highest BCUT2D eigenvalue weighted by Gasteiger charge is 2.48. The van der Waals surface area contributed by atoms with Crippen LogP contribution in [-0.4, -0.2) is 48.6 Å². The number of nitrogens with zero attached hydrogens (tertiary/aromatic N) is 2. The lowest BCUT2D eigenvalue weighted by Gasteiger charge is -2.23. The highest BCUT2D eigenvalue weighted by Crippen LogP contribution is 2.45. The number of ketones is 1. The van der Waals surface area contributed by atoms with E-state index in [0.29, 0.717) is 22.8 Å². The van der Waals surface area contributed by atoms with E-state index in [2.05, 4.69) is 4.98 Å². The summed E-state index contributed by atoms with van der Waals surface area (Å²) in [6.45, 7) is 3.41. The zero-order chi connectivity index (χ0) is 26.9. The van der Waals surface area contributed by atoms with Crippen molar-refractivity contribution in [1.82, 2.24) is 4.98 Å². The van der Waals surface area contributed by atoms with Gasteiger partial charge in [-0.05, 0) is 55.8 Å². The first-order valence-corrected chi connectivity index (χ1v) is 12.0. The summed E-state index contributed by atoms with van der Waals surface area (Å²) in [6.07, 6.45) is 0. The minimum absolute atomic E-state index is 0.0700. The average molecular weight is 527 g/mol. The van der Waals surface area contributed by atoms with Crippen LogP contribution in [-0.2, 0) is 14.3 Å². The number of hydrogen-bond acceptors (Lipinski definition) is 9. The summed E-state index contributed by atoms with van der Waals surface area (Å²) in [7, 11) is 2.90. The molecule has 9 nitrogen and oxygen atoms in total. The van der Waals surface area contributed by atoms with E-state index in [1.807, 2.05) is 0 Å². The number of aryl methyl sites for hydroxylation is 1. The maximum atomic E-state index is 13.5. The topological polar surface area (TPSA) is 115 Å². The van der Waals surface area contributed by atoms with E-state index in [0.717, 1.165) is 28.4 Å². The molecule has 192 valence electrons. The van der Waals surface area contributed by atoms with Crippen molar-refractivity contribution >= 4 is 39.9 Å². The van der Waals surface area contributed by atoms with Gasteiger partial charge < -0.3 is 19.3 Å². The molecule has 0 aliphatic carbocycles. The number of anilines is 1. The maximum absolute atomic E-state index is 13.5. The Morgan fingerprint density at radius 3 is 2.41 bits per heavy atom. The molecule has 0 spiro atoms. The van der Waals surface area contributed by atoms with Crippen LogP contribution in [0.25, 0.3) is 5.76 Å². The molecule has 0 bridgehead atoms. The summed E-state index contributed by atoms with van der Waals surface area (Å²) in [5.41, 5.74) is 0.651. The van der Waals surface area contributed by atoms with E-state index >= 15 is 0 Å². The van der Waals surface area contributed by atoms with Crippen molar-refractivity contribution in [3.63, 3.8) is 0 Å². The number of esters is 1. The van der Waals surface area contributed by atoms with E-state index in [1.165, 1.54) is 26.4 Å². The quantitative estimate of drug-likeness (QED) is 0.208. The average Bonchev–Trinajstić information content (AvgIpc) is 3.40. The molecule has 1 aromatic heterocycles. The fourth-order valence-corrected chi connectivity index (χ4v) is 4.99. The number of halogens is 1. The fraction of sp³-hybridized carbons (Fsp3) is 0.231. The number of rotatable bonds is 7. The Morgan fingerprint density at radius 1 is 1.11 bits per heavy atom. The van der Waals surface area contributed by atoms with Crippen LogP contribution >= 0.6 is 11.3 Å². The summed E-state index contributed by atoms with van der Waals surface area (Å²) in [5, 5.41) is 11.2. The Hall–Kier alpha value is -4.25. The molecule has 2 aromatic carbocycles. The van der Waals surface area contributed by atoms with Crippen molar-refractivity contribution in [3.8, 4) is 11.5 Å². The van der Waals surface area contributed by atoms with Gasteiger partial charge in [0.2, 0.25) is 0 Å². The number of methoxy groups -OCH3 is 2. The number of carbonyl (C=O) groups excluding carboxylic acids is 3. The number of hydrogen-bond donors (Lipinski definition) is 1. The maximum Gasteiger partial charge on any atom is 0.350 e. The highest BCUT2D eigenvalue weighted by atomic mass is 32.1. The molecular weight excluding hydrogens is 503 g/mol. The van der Waals surface area contributed by atoms with E-state index < -0.39 is 35.3 Å². The second kappa shape index (κ2) is 10.4. The van der Waals surface area contributed by atoms with Crippen LogP contribution in [0.3, 0.4) is 0 Å². The standard InChI is InChI=1S/C26H23FN2O7S/c1-5-36-25(33)23-13(2)28-26(37-23)29-20(15-8-11-17(34-3)18(12-15)35-4)19(22(31)24(29)32)21(30)14-6-9-16(27)10-7-14/h6-12,20,30H,5H2,1-4H3. The predicted molar refractivity (Wildman–Crippen MR) is 134 cm³/mol. The molecule has 11 heteroatoms. The van der Waals surface area contributed by atoms with Gasteiger partial charge in [0.25, 0.3) is 5.78 Å². The zero-order valence-corrected chi connectivity index (χ0v) is 21.2. The lowest BCUT2D eigenvalue weighted by molar-refractivity contribution is -0.132. The Balaban J connectivity index is 1.94. The monoisotopic (exact) mass is 526 g/mol. The van der Waals surface area contributed by atoms with Gasteiger partial charge in [0.05, 0.1) is 38.1 Å². The number of aliphatic hydroxyl groups excluding tert-OH is 1. The van der Waals surface area contributed by atoms with Gasteiger partial charge in [-0.3, -0.25) is 14.5 Å². The normalized spacial score (nSPS) is 16.7. The molecule has 3 aromatic rings. The summed E-state index contributed by atoms with van der Waals surface area (Å²) < 4.78 is 29.3. The molecule has 1 saturated heterocycles. The van der Waals surface area contributed by atoms with Gasteiger partial charge in [-0.25, -0.2) is 14.2 Å². The second-order valence-electron chi connectivity index (χ2n) is 7.92. The van der Waals surface area contributed by atoms with Crippen LogP contribution in [0, 0.1) is 12.7 Å². The largest absolute Gasteiger partial charge is 0.507 e. The molecule has 1 atom stereocenters. The Labute approximate surface area is 215 Å². The second-order valence-corrected chi connectivity index (χ2v) is 8.90. The van der Waals surface area contributed by atoms with Crippen molar-refractivity contribution in [3.05, 3.63) is 75.6 Å². The van der Waals surface area contributed by atoms with Crippen molar-refractivity contribution < 1.29 is 38.1 Å². The molecule has 2 heterocycles. The van der Waals surface area contributed by atoms with Crippen molar-refractivity contribution in [2.45, 2.75) is 19.9 Å². The molecule has 1 unspecified atom stereocenters. The van der Waals surface area contributed by atoms with E-state index in [9.17, 15) is 23.9 Å². The lowest BCUT2D eigenvalue weighted by Crippen LogP contribution is -2.29. The van der Waals surface area contributed by atoms with Crippen molar-refractivity contribution in [2.75, 3.05) is 25.7 Å². The van der Waals surface area contributed by atoms with E-state index in [-0.39, 0.29) is 27.8 Å². The zero-order valence-electron chi connectivity index (χ0n) is 20.4. The Bertz CT molecular complexity index is 1410. The SMILES string of the molecule is CCOC(=O)c1sc(N2C(=O)C(=O)C(=C(O)c3ccc(F)cc3)C2c2ccc(OC)c(OC)c2)nc1C. The van der Waals surface area contributed by atoms with Gasteiger partial charge in [0, 0.05) is 5.56 Å². The number of ether oxygens (including phenoxy) is 3. The third-order valence-corrected chi connectivity index (χ3v) is 6.87. The van der Waals surface area contributed by atoms with Crippen LogP contribution in [0.5, 0.6) is 11.5 Å². The van der Waals surface area contributed by atoms with Crippen LogP contribution in [0.2, 0.25) is 0 Å². The van der Waals surface area contributed by atoms with Crippen LogP contribution in [0.4, 0.5) is 9.52 Å². The summed E-state index contributed by atoms with van der Waals surface area (Å²) >= 11 is 0.896. The van der Waals surface area contributed by atoms with Gasteiger partial charge in [0.15, 0.2) is 16.6 Å².